The van der Waals surface area contributed by atoms with Crippen LogP contribution in [-0.2, 0) is 13.0 Å². The molecule has 2 heterocycles. The molecule has 0 aliphatic rings. The summed E-state index contributed by atoms with van der Waals surface area (Å²) in [4.78, 5) is 16.3. The highest BCUT2D eigenvalue weighted by molar-refractivity contribution is 6.35. The molecule has 5 nitrogen and oxygen atoms in total. The molecule has 0 aliphatic carbocycles. The maximum Gasteiger partial charge on any atom is 0.315 e. The van der Waals surface area contributed by atoms with Crippen molar-refractivity contribution in [2.24, 2.45) is 0 Å². The van der Waals surface area contributed by atoms with Gasteiger partial charge in [-0.05, 0) is 29.8 Å². The second kappa shape index (κ2) is 7.55. The van der Waals surface area contributed by atoms with E-state index in [1.165, 1.54) is 0 Å². The van der Waals surface area contributed by atoms with Gasteiger partial charge in [0.25, 0.3) is 0 Å². The Balaban J connectivity index is 1.45. The molecule has 0 aliphatic heterocycles. The van der Waals surface area contributed by atoms with Crippen LogP contribution in [0.2, 0.25) is 10.0 Å². The Hall–Kier alpha value is -2.24. The second-order valence-corrected chi connectivity index (χ2v) is 6.14. The topological polar surface area (TPSA) is 58.4 Å². The van der Waals surface area contributed by atoms with Crippen molar-refractivity contribution >= 4 is 34.9 Å². The summed E-state index contributed by atoms with van der Waals surface area (Å²) in [5, 5.41) is 6.68. The zero-order chi connectivity index (χ0) is 16.9. The van der Waals surface area contributed by atoms with E-state index in [1.54, 1.807) is 18.2 Å². The van der Waals surface area contributed by atoms with Crippen LogP contribution in [0.5, 0.6) is 0 Å². The summed E-state index contributed by atoms with van der Waals surface area (Å²) in [6, 6.07) is 10.8. The van der Waals surface area contributed by atoms with Gasteiger partial charge in [-0.2, -0.15) is 0 Å². The number of hydrogen-bond donors (Lipinski definition) is 2. The van der Waals surface area contributed by atoms with Crippen molar-refractivity contribution in [3.05, 3.63) is 70.1 Å². The number of halogens is 2. The highest BCUT2D eigenvalue weighted by Crippen LogP contribution is 2.20. The van der Waals surface area contributed by atoms with Gasteiger partial charge >= 0.3 is 6.03 Å². The maximum absolute atomic E-state index is 11.8. The lowest BCUT2D eigenvalue weighted by atomic mass is 10.2. The Morgan fingerprint density at radius 3 is 2.83 bits per heavy atom. The molecule has 7 heteroatoms. The van der Waals surface area contributed by atoms with Crippen LogP contribution in [0, 0.1) is 0 Å². The number of urea groups is 1. The van der Waals surface area contributed by atoms with E-state index in [2.05, 4.69) is 15.6 Å². The molecule has 2 aromatic heterocycles. The maximum atomic E-state index is 11.8. The molecule has 2 amide bonds. The predicted molar refractivity (Wildman–Crippen MR) is 95.6 cm³/mol. The van der Waals surface area contributed by atoms with Crippen LogP contribution in [0.1, 0.15) is 11.3 Å². The fraction of sp³-hybridized carbons (Fsp3) is 0.176. The van der Waals surface area contributed by atoms with Crippen LogP contribution < -0.4 is 10.6 Å². The summed E-state index contributed by atoms with van der Waals surface area (Å²) >= 11 is 11.9. The third-order valence-electron chi connectivity index (χ3n) is 3.54. The van der Waals surface area contributed by atoms with E-state index in [0.29, 0.717) is 29.6 Å². The van der Waals surface area contributed by atoms with Crippen molar-refractivity contribution in [1.82, 2.24) is 20.0 Å². The first-order chi connectivity index (χ1) is 11.6. The van der Waals surface area contributed by atoms with Crippen molar-refractivity contribution in [3.63, 3.8) is 0 Å². The summed E-state index contributed by atoms with van der Waals surface area (Å²) in [7, 11) is 0. The smallest absolute Gasteiger partial charge is 0.315 e. The van der Waals surface area contributed by atoms with Gasteiger partial charge in [0.05, 0.1) is 5.69 Å². The van der Waals surface area contributed by atoms with Crippen LogP contribution >= 0.6 is 23.2 Å². The van der Waals surface area contributed by atoms with Gasteiger partial charge in [-0.25, -0.2) is 9.78 Å². The Kier molecular flexibility index (Phi) is 5.23. The summed E-state index contributed by atoms with van der Waals surface area (Å²) < 4.78 is 1.96. The number of benzene rings is 1. The van der Waals surface area contributed by atoms with E-state index < -0.39 is 0 Å². The third kappa shape index (κ3) is 4.19. The van der Waals surface area contributed by atoms with Gasteiger partial charge < -0.3 is 15.0 Å². The van der Waals surface area contributed by atoms with E-state index >= 15 is 0 Å². The number of nitrogens with zero attached hydrogens (tertiary/aromatic N) is 2. The normalized spacial score (nSPS) is 10.8. The molecule has 0 atom stereocenters. The quantitative estimate of drug-likeness (QED) is 0.727. The highest BCUT2D eigenvalue weighted by atomic mass is 35.5. The van der Waals surface area contributed by atoms with Crippen LogP contribution in [0.4, 0.5) is 4.79 Å². The first-order valence-corrected chi connectivity index (χ1v) is 8.25. The lowest BCUT2D eigenvalue weighted by Crippen LogP contribution is -2.36. The second-order valence-electron chi connectivity index (χ2n) is 5.29. The molecule has 0 bridgehead atoms. The van der Waals surface area contributed by atoms with E-state index in [1.807, 2.05) is 35.0 Å². The monoisotopic (exact) mass is 362 g/mol. The van der Waals surface area contributed by atoms with Gasteiger partial charge in [0.15, 0.2) is 0 Å². The molecular formula is C17H16Cl2N4O. The zero-order valence-corrected chi connectivity index (χ0v) is 14.3. The standard InChI is InChI=1S/C17H16Cl2N4O/c18-13-5-4-12(15(19)9-13)10-21-17(24)20-7-6-14-11-23-8-2-1-3-16(23)22-14/h1-5,8-9,11H,6-7,10H2,(H2,20,21,24). The number of fused-ring (bicyclic) bond motifs is 1. The number of hydrogen-bond acceptors (Lipinski definition) is 2. The SMILES string of the molecule is O=C(NCCc1cn2ccccc2n1)NCc1ccc(Cl)cc1Cl. The van der Waals surface area contributed by atoms with Crippen molar-refractivity contribution in [3.8, 4) is 0 Å². The van der Waals surface area contributed by atoms with E-state index in [4.69, 9.17) is 23.2 Å². The molecule has 0 saturated carbocycles. The molecule has 1 aromatic carbocycles. The Morgan fingerprint density at radius 2 is 2.04 bits per heavy atom. The number of amides is 2. The first-order valence-electron chi connectivity index (χ1n) is 7.50. The summed E-state index contributed by atoms with van der Waals surface area (Å²) in [6.45, 7) is 0.847. The van der Waals surface area contributed by atoms with Gasteiger partial charge in [0.1, 0.15) is 5.65 Å². The van der Waals surface area contributed by atoms with Crippen LogP contribution in [-0.4, -0.2) is 22.0 Å². The average molecular weight is 363 g/mol. The lowest BCUT2D eigenvalue weighted by molar-refractivity contribution is 0.240. The molecule has 0 spiro atoms. The molecule has 0 unspecified atom stereocenters. The Bertz CT molecular complexity index is 830. The fourth-order valence-electron chi connectivity index (χ4n) is 2.31. The van der Waals surface area contributed by atoms with Crippen molar-refractivity contribution in [2.45, 2.75) is 13.0 Å². The number of rotatable bonds is 5. The zero-order valence-electron chi connectivity index (χ0n) is 12.8. The molecule has 2 N–H and O–H groups in total. The number of carbonyl (C=O) groups excluding carboxylic acids is 1. The van der Waals surface area contributed by atoms with Gasteiger partial charge in [-0.3, -0.25) is 0 Å². The minimum atomic E-state index is -0.246. The molecule has 0 fully saturated rings. The van der Waals surface area contributed by atoms with Gasteiger partial charge in [-0.1, -0.05) is 35.3 Å². The Morgan fingerprint density at radius 1 is 1.17 bits per heavy atom. The molecule has 0 radical (unpaired) electrons. The van der Waals surface area contributed by atoms with Crippen molar-refractivity contribution in [2.75, 3.05) is 6.54 Å². The van der Waals surface area contributed by atoms with Crippen molar-refractivity contribution < 1.29 is 4.79 Å². The molecule has 3 aromatic rings. The highest BCUT2D eigenvalue weighted by Gasteiger charge is 2.05. The van der Waals surface area contributed by atoms with E-state index in [9.17, 15) is 4.79 Å². The first kappa shape index (κ1) is 16.6. The summed E-state index contributed by atoms with van der Waals surface area (Å²) in [6.07, 6.45) is 4.57. The Labute approximate surface area is 149 Å². The summed E-state index contributed by atoms with van der Waals surface area (Å²) in [5.74, 6) is 0. The molecule has 24 heavy (non-hydrogen) atoms. The van der Waals surface area contributed by atoms with Crippen LogP contribution in [0.25, 0.3) is 5.65 Å². The van der Waals surface area contributed by atoms with Gasteiger partial charge in [0, 0.05) is 41.9 Å². The minimum Gasteiger partial charge on any atom is -0.338 e. The number of carbonyl (C=O) groups is 1. The predicted octanol–water partition coefficient (Wildman–Crippen LogP) is 3.68. The number of aromatic nitrogens is 2. The van der Waals surface area contributed by atoms with E-state index in [0.717, 1.165) is 16.9 Å². The van der Waals surface area contributed by atoms with Gasteiger partial charge in [0.2, 0.25) is 0 Å². The molecule has 3 rings (SSSR count). The fourth-order valence-corrected chi connectivity index (χ4v) is 2.79. The van der Waals surface area contributed by atoms with Crippen molar-refractivity contribution in [1.29, 1.82) is 0 Å². The third-order valence-corrected chi connectivity index (χ3v) is 4.12. The van der Waals surface area contributed by atoms with E-state index in [-0.39, 0.29) is 6.03 Å². The van der Waals surface area contributed by atoms with Crippen LogP contribution in [0.15, 0.2) is 48.8 Å². The van der Waals surface area contributed by atoms with Crippen LogP contribution in [0.3, 0.4) is 0 Å². The molecule has 0 saturated heterocycles. The number of pyridine rings is 1. The number of nitrogens with one attached hydrogen (secondary N) is 2. The molecular weight excluding hydrogens is 347 g/mol. The largest absolute Gasteiger partial charge is 0.338 e. The number of imidazole rings is 1. The summed E-state index contributed by atoms with van der Waals surface area (Å²) in [5.41, 5.74) is 2.65. The van der Waals surface area contributed by atoms with Gasteiger partial charge in [-0.15, -0.1) is 0 Å². The minimum absolute atomic E-state index is 0.246. The average Bonchev–Trinajstić information content (AvgIpc) is 2.96. The lowest BCUT2D eigenvalue weighted by Gasteiger charge is -2.08. The molecule has 124 valence electrons.